The summed E-state index contributed by atoms with van der Waals surface area (Å²) < 4.78 is 0. The van der Waals surface area contributed by atoms with Crippen LogP contribution in [0, 0.1) is 5.92 Å². The van der Waals surface area contributed by atoms with Crippen LogP contribution in [0.3, 0.4) is 0 Å². The third kappa shape index (κ3) is 6.12. The topological polar surface area (TPSA) is 145 Å². The van der Waals surface area contributed by atoms with E-state index in [0.29, 0.717) is 11.2 Å². The second-order valence-electron chi connectivity index (χ2n) is 12.7. The largest absolute Gasteiger partial charge is 0.508 e. The number of rotatable bonds is 10. The number of nitrogens with one attached hydrogen (secondary N) is 2. The van der Waals surface area contributed by atoms with Crippen LogP contribution >= 0.6 is 0 Å². The van der Waals surface area contributed by atoms with Crippen molar-refractivity contribution >= 4 is 28.7 Å². The monoisotopic (exact) mass is 649 g/mol. The van der Waals surface area contributed by atoms with E-state index in [4.69, 9.17) is 0 Å². The van der Waals surface area contributed by atoms with Crippen molar-refractivity contribution in [3.8, 4) is 5.75 Å². The zero-order valence-corrected chi connectivity index (χ0v) is 26.5. The zero-order valence-electron chi connectivity index (χ0n) is 26.5. The Kier molecular flexibility index (Phi) is 8.59. The summed E-state index contributed by atoms with van der Waals surface area (Å²) in [4.78, 5) is 45.5. The Morgan fingerprint density at radius 1 is 1.04 bits per heavy atom. The second kappa shape index (κ2) is 13.1. The molecule has 1 aliphatic carbocycles. The number of hydrogen-bond acceptors (Lipinski definition) is 7. The average molecular weight is 650 g/mol. The van der Waals surface area contributed by atoms with Crippen LogP contribution < -0.4 is 5.32 Å². The number of piperazine rings is 1. The van der Waals surface area contributed by atoms with Gasteiger partial charge in [0.05, 0.1) is 30.4 Å². The van der Waals surface area contributed by atoms with Gasteiger partial charge >= 0.3 is 6.03 Å². The number of H-pyrrole nitrogens is 1. The van der Waals surface area contributed by atoms with Gasteiger partial charge in [-0.25, -0.2) is 14.8 Å². The van der Waals surface area contributed by atoms with Gasteiger partial charge in [-0.15, -0.1) is 6.58 Å². The fraction of sp³-hybridized carbons (Fsp3) is 0.333. The lowest BCUT2D eigenvalue weighted by Gasteiger charge is -2.55. The standard InChI is InChI=1S/C36H39N7O5/c1-2-17-41-22-31(45)42-29(18-23-11-15-27(44)16-12-23)35(47)40(21-30(42)43(41)36(48)37-19-24-7-4-3-5-8-24)20-26-9-6-10-28-32(26)38-39-33(28)34(46)25-13-14-25/h2-12,15-16,25,29-30,34,44,46H,1,13-14,17-22H2,(H,37,48)(H,38,39)/t29-,30-,34?/m0/s1. The number of aromatic hydroxyl groups is 1. The molecule has 1 aromatic heterocycles. The van der Waals surface area contributed by atoms with Crippen molar-refractivity contribution < 1.29 is 24.6 Å². The number of hydrazine groups is 1. The van der Waals surface area contributed by atoms with E-state index in [-0.39, 0.29) is 62.6 Å². The summed E-state index contributed by atoms with van der Waals surface area (Å²) in [5.74, 6) is -0.199. The van der Waals surface area contributed by atoms with Crippen LogP contribution in [0.1, 0.15) is 41.3 Å². The summed E-state index contributed by atoms with van der Waals surface area (Å²) in [6.07, 6.45) is 2.36. The minimum absolute atomic E-state index is 0.0709. The minimum Gasteiger partial charge on any atom is -0.508 e. The van der Waals surface area contributed by atoms with E-state index in [1.165, 1.54) is 0 Å². The summed E-state index contributed by atoms with van der Waals surface area (Å²) in [5, 5.41) is 35.4. The highest BCUT2D eigenvalue weighted by atomic mass is 16.3. The molecule has 2 aliphatic heterocycles. The van der Waals surface area contributed by atoms with E-state index in [2.05, 4.69) is 22.1 Å². The number of aliphatic hydroxyl groups is 1. The Bertz CT molecular complexity index is 1820. The van der Waals surface area contributed by atoms with E-state index in [9.17, 15) is 24.6 Å². The van der Waals surface area contributed by atoms with Crippen molar-refractivity contribution in [3.05, 3.63) is 108 Å². The first-order valence-electron chi connectivity index (χ1n) is 16.3. The molecular formula is C36H39N7O5. The van der Waals surface area contributed by atoms with E-state index in [0.717, 1.165) is 34.9 Å². The smallest absolute Gasteiger partial charge is 0.334 e. The maximum absolute atomic E-state index is 14.4. The molecule has 4 aromatic rings. The predicted octanol–water partition coefficient (Wildman–Crippen LogP) is 3.45. The van der Waals surface area contributed by atoms with Gasteiger partial charge in [-0.2, -0.15) is 5.10 Å². The molecule has 12 nitrogen and oxygen atoms in total. The molecule has 3 aromatic carbocycles. The lowest BCUT2D eigenvalue weighted by atomic mass is 9.98. The summed E-state index contributed by atoms with van der Waals surface area (Å²) in [5.41, 5.74) is 3.82. The highest BCUT2D eigenvalue weighted by Crippen LogP contribution is 2.42. The molecule has 7 rings (SSSR count). The Morgan fingerprint density at radius 2 is 1.81 bits per heavy atom. The maximum Gasteiger partial charge on any atom is 0.334 e. The molecule has 2 saturated heterocycles. The van der Waals surface area contributed by atoms with E-state index >= 15 is 0 Å². The molecule has 3 aliphatic rings. The van der Waals surface area contributed by atoms with Crippen molar-refractivity contribution in [1.82, 2.24) is 35.3 Å². The number of para-hydroxylation sites is 1. The van der Waals surface area contributed by atoms with Crippen molar-refractivity contribution in [1.29, 1.82) is 0 Å². The third-order valence-corrected chi connectivity index (χ3v) is 9.45. The molecule has 3 fully saturated rings. The SMILES string of the molecule is C=CCN1CC(=O)N2[C@@H](Cc3ccc(O)cc3)C(=O)N(Cc3cccc4c(C(O)C5CC5)[nH]nc34)C[C@@H]2N1C(=O)NCc1ccccc1. The number of aromatic nitrogens is 2. The summed E-state index contributed by atoms with van der Waals surface area (Å²) in [6.45, 7) is 4.55. The maximum atomic E-state index is 14.4. The number of amides is 4. The number of aliphatic hydroxyl groups excluding tert-OH is 1. The van der Waals surface area contributed by atoms with Crippen molar-refractivity contribution in [2.75, 3.05) is 19.6 Å². The molecule has 4 N–H and O–H groups in total. The highest BCUT2D eigenvalue weighted by molar-refractivity contribution is 5.92. The van der Waals surface area contributed by atoms with Crippen LogP contribution in [0.15, 0.2) is 85.5 Å². The van der Waals surface area contributed by atoms with E-state index < -0.39 is 24.3 Å². The molecule has 0 bridgehead atoms. The number of phenolic OH excluding ortho intramolecular Hbond substituents is 1. The van der Waals surface area contributed by atoms with Gasteiger partial charge in [-0.1, -0.05) is 66.7 Å². The summed E-state index contributed by atoms with van der Waals surface area (Å²) in [7, 11) is 0. The molecule has 1 saturated carbocycles. The van der Waals surface area contributed by atoms with Crippen molar-refractivity contribution in [3.63, 3.8) is 0 Å². The molecule has 12 heteroatoms. The quantitative estimate of drug-likeness (QED) is 0.193. The molecule has 0 spiro atoms. The van der Waals surface area contributed by atoms with Crippen LogP contribution in [0.5, 0.6) is 5.75 Å². The first-order valence-corrected chi connectivity index (χ1v) is 16.3. The van der Waals surface area contributed by atoms with Crippen molar-refractivity contribution in [2.45, 2.75) is 50.7 Å². The number of nitrogens with zero attached hydrogens (tertiary/aromatic N) is 5. The Labute approximate surface area is 278 Å². The number of phenols is 1. The zero-order chi connectivity index (χ0) is 33.4. The number of fused-ring (bicyclic) bond motifs is 2. The molecule has 248 valence electrons. The summed E-state index contributed by atoms with van der Waals surface area (Å²) in [6, 6.07) is 20.6. The molecule has 1 unspecified atom stereocenters. The molecule has 3 heterocycles. The molecule has 4 amide bonds. The molecular weight excluding hydrogens is 610 g/mol. The van der Waals surface area contributed by atoms with Gasteiger partial charge in [0, 0.05) is 31.4 Å². The van der Waals surface area contributed by atoms with Gasteiger partial charge in [-0.3, -0.25) is 14.7 Å². The number of carbonyl (C=O) groups is 3. The fourth-order valence-electron chi connectivity index (χ4n) is 6.88. The molecule has 0 radical (unpaired) electrons. The lowest BCUT2D eigenvalue weighted by Crippen LogP contribution is -2.76. The van der Waals surface area contributed by atoms with Crippen LogP contribution in [-0.4, -0.2) is 89.9 Å². The van der Waals surface area contributed by atoms with Gasteiger partial charge in [-0.05, 0) is 47.6 Å². The first-order chi connectivity index (χ1) is 23.3. The van der Waals surface area contributed by atoms with E-state index in [1.807, 2.05) is 48.5 Å². The van der Waals surface area contributed by atoms with Crippen molar-refractivity contribution in [2.24, 2.45) is 5.92 Å². The molecule has 48 heavy (non-hydrogen) atoms. The van der Waals surface area contributed by atoms with Gasteiger partial charge in [0.2, 0.25) is 11.8 Å². The summed E-state index contributed by atoms with van der Waals surface area (Å²) >= 11 is 0. The highest BCUT2D eigenvalue weighted by Gasteiger charge is 2.51. The van der Waals surface area contributed by atoms with Crippen LogP contribution in [0.4, 0.5) is 4.79 Å². The van der Waals surface area contributed by atoms with E-state index in [1.54, 1.807) is 50.2 Å². The number of urea groups is 1. The number of hydrogen-bond donors (Lipinski definition) is 4. The predicted molar refractivity (Wildman–Crippen MR) is 178 cm³/mol. The Hall–Kier alpha value is -5.20. The van der Waals surface area contributed by atoms with Crippen LogP contribution in [0.2, 0.25) is 0 Å². The van der Waals surface area contributed by atoms with Crippen LogP contribution in [0.25, 0.3) is 10.9 Å². The third-order valence-electron chi connectivity index (χ3n) is 9.45. The minimum atomic E-state index is -0.901. The second-order valence-corrected chi connectivity index (χ2v) is 12.7. The lowest BCUT2D eigenvalue weighted by molar-refractivity contribution is -0.189. The Balaban J connectivity index is 1.24. The average Bonchev–Trinajstić information content (AvgIpc) is 3.85. The Morgan fingerprint density at radius 3 is 2.54 bits per heavy atom. The number of aromatic amines is 1. The molecule has 3 atom stereocenters. The fourth-order valence-corrected chi connectivity index (χ4v) is 6.88. The van der Waals surface area contributed by atoms with Gasteiger partial charge in [0.15, 0.2) is 0 Å². The normalized spacial score (nSPS) is 20.6. The number of carbonyl (C=O) groups excluding carboxylic acids is 3. The number of benzene rings is 3. The van der Waals surface area contributed by atoms with Crippen LogP contribution in [-0.2, 0) is 29.1 Å². The first kappa shape index (κ1) is 31.4. The van der Waals surface area contributed by atoms with Gasteiger partial charge < -0.3 is 25.3 Å². The van der Waals surface area contributed by atoms with Gasteiger partial charge in [0.25, 0.3) is 0 Å². The van der Waals surface area contributed by atoms with Gasteiger partial charge in [0.1, 0.15) is 18.0 Å².